The second kappa shape index (κ2) is 8.64. The Morgan fingerprint density at radius 3 is 2.43 bits per heavy atom. The lowest BCUT2D eigenvalue weighted by Crippen LogP contribution is -2.41. The highest BCUT2D eigenvalue weighted by atomic mass is 16.5. The predicted octanol–water partition coefficient (Wildman–Crippen LogP) is 1.16. The Morgan fingerprint density at radius 1 is 1.24 bits per heavy atom. The number of benzene rings is 1. The SMILES string of the molecule is Cc1cc(C)cc(OCC(O)CNCC(=O)NC(C)C)c1. The molecule has 0 fully saturated rings. The Kier molecular flexibility index (Phi) is 7.19. The summed E-state index contributed by atoms with van der Waals surface area (Å²) in [6.07, 6.45) is -0.655. The normalized spacial score (nSPS) is 12.3. The lowest BCUT2D eigenvalue weighted by molar-refractivity contribution is -0.120. The molecule has 21 heavy (non-hydrogen) atoms. The Bertz CT molecular complexity index is 441. The van der Waals surface area contributed by atoms with Crippen LogP contribution in [0.4, 0.5) is 0 Å². The first-order valence-electron chi connectivity index (χ1n) is 7.26. The molecule has 0 aliphatic rings. The van der Waals surface area contributed by atoms with E-state index in [-0.39, 0.29) is 25.1 Å². The number of hydrogen-bond donors (Lipinski definition) is 3. The largest absolute Gasteiger partial charge is 0.491 e. The molecule has 0 spiro atoms. The molecule has 0 aliphatic heterocycles. The maximum absolute atomic E-state index is 11.4. The molecule has 1 rings (SSSR count). The molecule has 0 saturated carbocycles. The van der Waals surface area contributed by atoms with Crippen LogP contribution in [-0.4, -0.2) is 42.9 Å². The van der Waals surface area contributed by atoms with Crippen molar-refractivity contribution in [2.45, 2.75) is 39.8 Å². The van der Waals surface area contributed by atoms with Crippen LogP contribution in [0, 0.1) is 13.8 Å². The van der Waals surface area contributed by atoms with Gasteiger partial charge in [0.1, 0.15) is 18.5 Å². The summed E-state index contributed by atoms with van der Waals surface area (Å²) in [5.41, 5.74) is 2.26. The second-order valence-electron chi connectivity index (χ2n) is 5.64. The third-order valence-corrected chi connectivity index (χ3v) is 2.75. The van der Waals surface area contributed by atoms with Gasteiger partial charge in [-0.25, -0.2) is 0 Å². The summed E-state index contributed by atoms with van der Waals surface area (Å²) >= 11 is 0. The quantitative estimate of drug-likeness (QED) is 0.673. The van der Waals surface area contributed by atoms with E-state index < -0.39 is 6.10 Å². The van der Waals surface area contributed by atoms with Crippen molar-refractivity contribution >= 4 is 5.91 Å². The second-order valence-corrected chi connectivity index (χ2v) is 5.64. The van der Waals surface area contributed by atoms with Crippen LogP contribution in [0.3, 0.4) is 0 Å². The van der Waals surface area contributed by atoms with Crippen LogP contribution in [0.5, 0.6) is 5.75 Å². The summed E-state index contributed by atoms with van der Waals surface area (Å²) in [5.74, 6) is 0.677. The molecule has 0 saturated heterocycles. The first-order valence-corrected chi connectivity index (χ1v) is 7.26. The van der Waals surface area contributed by atoms with Gasteiger partial charge < -0.3 is 20.5 Å². The van der Waals surface area contributed by atoms with Gasteiger partial charge in [0.25, 0.3) is 0 Å². The number of ether oxygens (including phenoxy) is 1. The van der Waals surface area contributed by atoms with Crippen molar-refractivity contribution in [1.29, 1.82) is 0 Å². The molecule has 1 aromatic rings. The van der Waals surface area contributed by atoms with Crippen molar-refractivity contribution in [1.82, 2.24) is 10.6 Å². The van der Waals surface area contributed by atoms with Gasteiger partial charge in [-0.05, 0) is 51.0 Å². The van der Waals surface area contributed by atoms with Crippen LogP contribution < -0.4 is 15.4 Å². The predicted molar refractivity (Wildman–Crippen MR) is 83.6 cm³/mol. The minimum Gasteiger partial charge on any atom is -0.491 e. The minimum atomic E-state index is -0.655. The van der Waals surface area contributed by atoms with E-state index >= 15 is 0 Å². The lowest BCUT2D eigenvalue weighted by atomic mass is 10.1. The van der Waals surface area contributed by atoms with Crippen molar-refractivity contribution in [2.24, 2.45) is 0 Å². The Hall–Kier alpha value is -1.59. The molecular weight excluding hydrogens is 268 g/mol. The molecule has 3 N–H and O–H groups in total. The average Bonchev–Trinajstić information content (AvgIpc) is 2.34. The molecule has 1 aromatic carbocycles. The first-order chi connectivity index (χ1) is 9.86. The number of hydrogen-bond acceptors (Lipinski definition) is 4. The monoisotopic (exact) mass is 294 g/mol. The Balaban J connectivity index is 2.25. The number of aliphatic hydroxyl groups is 1. The van der Waals surface area contributed by atoms with E-state index in [1.54, 1.807) is 0 Å². The van der Waals surface area contributed by atoms with Crippen LogP contribution in [0.2, 0.25) is 0 Å². The van der Waals surface area contributed by atoms with E-state index in [0.29, 0.717) is 6.54 Å². The molecule has 5 heteroatoms. The van der Waals surface area contributed by atoms with Gasteiger partial charge >= 0.3 is 0 Å². The molecule has 0 radical (unpaired) electrons. The number of carbonyl (C=O) groups excluding carboxylic acids is 1. The van der Waals surface area contributed by atoms with Crippen molar-refractivity contribution in [3.8, 4) is 5.75 Å². The topological polar surface area (TPSA) is 70.6 Å². The smallest absolute Gasteiger partial charge is 0.234 e. The van der Waals surface area contributed by atoms with Gasteiger partial charge in [0.2, 0.25) is 5.91 Å². The zero-order valence-corrected chi connectivity index (χ0v) is 13.3. The van der Waals surface area contributed by atoms with E-state index in [1.807, 2.05) is 39.8 Å². The van der Waals surface area contributed by atoms with Gasteiger partial charge in [-0.2, -0.15) is 0 Å². The van der Waals surface area contributed by atoms with Crippen molar-refractivity contribution in [3.05, 3.63) is 29.3 Å². The zero-order chi connectivity index (χ0) is 15.8. The van der Waals surface area contributed by atoms with Crippen molar-refractivity contribution < 1.29 is 14.6 Å². The van der Waals surface area contributed by atoms with Crippen molar-refractivity contribution in [2.75, 3.05) is 19.7 Å². The first kappa shape index (κ1) is 17.5. The molecule has 0 aliphatic carbocycles. The van der Waals surface area contributed by atoms with Gasteiger partial charge in [0.05, 0.1) is 6.54 Å². The summed E-state index contributed by atoms with van der Waals surface area (Å²) in [5, 5.41) is 15.5. The maximum Gasteiger partial charge on any atom is 0.234 e. The molecule has 1 unspecified atom stereocenters. The number of carbonyl (C=O) groups is 1. The summed E-state index contributed by atoms with van der Waals surface area (Å²) < 4.78 is 5.56. The van der Waals surface area contributed by atoms with E-state index in [9.17, 15) is 9.90 Å². The molecule has 1 amide bonds. The Labute approximate surface area is 126 Å². The van der Waals surface area contributed by atoms with Gasteiger partial charge in [0.15, 0.2) is 0 Å². The summed E-state index contributed by atoms with van der Waals surface area (Å²) in [7, 11) is 0. The van der Waals surface area contributed by atoms with Crippen LogP contribution in [0.15, 0.2) is 18.2 Å². The number of amides is 1. The van der Waals surface area contributed by atoms with Gasteiger partial charge in [0, 0.05) is 12.6 Å². The van der Waals surface area contributed by atoms with Gasteiger partial charge in [-0.3, -0.25) is 4.79 Å². The fourth-order valence-electron chi connectivity index (χ4n) is 1.99. The fraction of sp³-hybridized carbons (Fsp3) is 0.562. The van der Waals surface area contributed by atoms with Crippen LogP contribution in [0.1, 0.15) is 25.0 Å². The number of rotatable bonds is 8. The van der Waals surface area contributed by atoms with E-state index in [2.05, 4.69) is 16.7 Å². The molecule has 0 bridgehead atoms. The maximum atomic E-state index is 11.4. The minimum absolute atomic E-state index is 0.0765. The summed E-state index contributed by atoms with van der Waals surface area (Å²) in [6.45, 7) is 8.53. The van der Waals surface area contributed by atoms with Gasteiger partial charge in [-0.1, -0.05) is 6.07 Å². The van der Waals surface area contributed by atoms with Crippen LogP contribution >= 0.6 is 0 Å². The van der Waals surface area contributed by atoms with Crippen LogP contribution in [0.25, 0.3) is 0 Å². The standard InChI is InChI=1S/C16H26N2O3/c1-11(2)18-16(20)9-17-8-14(19)10-21-15-6-12(3)5-13(4)7-15/h5-7,11,14,17,19H,8-10H2,1-4H3,(H,18,20). The van der Waals surface area contributed by atoms with Crippen LogP contribution in [-0.2, 0) is 4.79 Å². The van der Waals surface area contributed by atoms with Gasteiger partial charge in [-0.15, -0.1) is 0 Å². The molecule has 5 nitrogen and oxygen atoms in total. The highest BCUT2D eigenvalue weighted by Crippen LogP contribution is 2.16. The van der Waals surface area contributed by atoms with E-state index in [0.717, 1.165) is 16.9 Å². The molecule has 1 atom stereocenters. The third kappa shape index (κ3) is 7.68. The van der Waals surface area contributed by atoms with E-state index in [1.165, 1.54) is 0 Å². The van der Waals surface area contributed by atoms with E-state index in [4.69, 9.17) is 4.74 Å². The summed E-state index contributed by atoms with van der Waals surface area (Å²) in [6, 6.07) is 6.06. The molecule has 0 heterocycles. The third-order valence-electron chi connectivity index (χ3n) is 2.75. The highest BCUT2D eigenvalue weighted by molar-refractivity contribution is 5.78. The van der Waals surface area contributed by atoms with Crippen molar-refractivity contribution in [3.63, 3.8) is 0 Å². The average molecular weight is 294 g/mol. The molecular formula is C16H26N2O3. The fourth-order valence-corrected chi connectivity index (χ4v) is 1.99. The molecule has 118 valence electrons. The zero-order valence-electron chi connectivity index (χ0n) is 13.3. The number of aliphatic hydroxyl groups excluding tert-OH is 1. The molecule has 0 aromatic heterocycles. The summed E-state index contributed by atoms with van der Waals surface area (Å²) in [4.78, 5) is 11.4. The highest BCUT2D eigenvalue weighted by Gasteiger charge is 2.08. The number of aryl methyl sites for hydroxylation is 2. The lowest BCUT2D eigenvalue weighted by Gasteiger charge is -2.14. The number of nitrogens with one attached hydrogen (secondary N) is 2. The Morgan fingerprint density at radius 2 is 1.86 bits per heavy atom.